The lowest BCUT2D eigenvalue weighted by Gasteiger charge is -2.33. The second-order valence-corrected chi connectivity index (χ2v) is 14.2. The summed E-state index contributed by atoms with van der Waals surface area (Å²) in [5, 5.41) is 25.7. The summed E-state index contributed by atoms with van der Waals surface area (Å²) in [6, 6.07) is 10.5. The van der Waals surface area contributed by atoms with Crippen LogP contribution in [-0.2, 0) is 49.8 Å². The number of sulfonamides is 1. The van der Waals surface area contributed by atoms with Gasteiger partial charge in [-0.25, -0.2) is 13.1 Å². The van der Waals surface area contributed by atoms with Gasteiger partial charge in [0, 0.05) is 55.8 Å². The van der Waals surface area contributed by atoms with Gasteiger partial charge >= 0.3 is 0 Å². The van der Waals surface area contributed by atoms with Gasteiger partial charge in [-0.1, -0.05) is 35.3 Å². The molecule has 0 saturated carbocycles. The van der Waals surface area contributed by atoms with Crippen LogP contribution in [0.5, 0.6) is 0 Å². The molecule has 0 bridgehead atoms. The molecule has 51 heavy (non-hydrogen) atoms. The van der Waals surface area contributed by atoms with Crippen LogP contribution in [0.4, 0.5) is 0 Å². The van der Waals surface area contributed by atoms with E-state index in [4.69, 9.17) is 46.9 Å². The van der Waals surface area contributed by atoms with Crippen molar-refractivity contribution in [3.8, 4) is 0 Å². The molecular formula is C33H48Cl2N4O11S. The molecule has 3 rings (SSSR count). The number of ether oxygens (including phenoxy) is 5. The lowest BCUT2D eigenvalue weighted by Crippen LogP contribution is -2.50. The second-order valence-electron chi connectivity index (χ2n) is 11.6. The van der Waals surface area contributed by atoms with Gasteiger partial charge in [-0.05, 0) is 48.0 Å². The van der Waals surface area contributed by atoms with Gasteiger partial charge in [0.2, 0.25) is 10.0 Å². The molecule has 0 aliphatic carbocycles. The molecule has 15 nitrogen and oxygen atoms in total. The third kappa shape index (κ3) is 14.5. The monoisotopic (exact) mass is 778 g/mol. The molecule has 5 N–H and O–H groups in total. The summed E-state index contributed by atoms with van der Waals surface area (Å²) in [4.78, 5) is 26.2. The van der Waals surface area contributed by atoms with E-state index in [1.807, 2.05) is 19.2 Å². The van der Waals surface area contributed by atoms with Gasteiger partial charge in [-0.2, -0.15) is 0 Å². The highest BCUT2D eigenvalue weighted by Crippen LogP contribution is 2.38. The summed E-state index contributed by atoms with van der Waals surface area (Å²) in [5.74, 6) is -1.92. The number of carbonyl (C=O) groups is 2. The van der Waals surface area contributed by atoms with E-state index in [9.17, 15) is 28.2 Å². The van der Waals surface area contributed by atoms with Crippen LogP contribution < -0.4 is 15.4 Å². The molecule has 1 aliphatic rings. The first-order valence-corrected chi connectivity index (χ1v) is 18.7. The highest BCUT2D eigenvalue weighted by atomic mass is 35.5. The first-order chi connectivity index (χ1) is 24.4. The maximum absolute atomic E-state index is 13.0. The van der Waals surface area contributed by atoms with E-state index in [0.29, 0.717) is 36.3 Å². The van der Waals surface area contributed by atoms with Gasteiger partial charge in [-0.15, -0.1) is 0 Å². The molecule has 2 aromatic carbocycles. The molecule has 3 atom stereocenters. The number of rotatable bonds is 24. The Hall–Kier alpha value is -2.45. The Morgan fingerprint density at radius 3 is 1.98 bits per heavy atom. The van der Waals surface area contributed by atoms with Crippen molar-refractivity contribution in [1.82, 2.24) is 20.3 Å². The van der Waals surface area contributed by atoms with Crippen molar-refractivity contribution in [3.05, 3.63) is 63.1 Å². The Bertz CT molecular complexity index is 1510. The number of aliphatic hydroxyl groups excluding tert-OH is 2. The Morgan fingerprint density at radius 1 is 0.843 bits per heavy atom. The van der Waals surface area contributed by atoms with Crippen LogP contribution in [0.15, 0.2) is 41.3 Å². The number of likely N-dealkylation sites (N-methyl/N-ethyl adjacent to an activating group) is 1. The molecule has 0 aromatic heterocycles. The predicted octanol–water partition coefficient (Wildman–Crippen LogP) is 0.516. The van der Waals surface area contributed by atoms with Crippen LogP contribution >= 0.6 is 23.2 Å². The van der Waals surface area contributed by atoms with Crippen LogP contribution in [0.2, 0.25) is 10.0 Å². The summed E-state index contributed by atoms with van der Waals surface area (Å²) in [6.07, 6.45) is -3.88. The molecule has 1 aliphatic heterocycles. The molecule has 1 heterocycles. The zero-order chi connectivity index (χ0) is 37.2. The number of nitrogens with zero attached hydrogens (tertiary/aromatic N) is 1. The Balaban J connectivity index is 1.24. The third-order valence-electron chi connectivity index (χ3n) is 7.71. The first-order valence-electron chi connectivity index (χ1n) is 16.4. The van der Waals surface area contributed by atoms with Crippen molar-refractivity contribution in [1.29, 1.82) is 0 Å². The highest BCUT2D eigenvalue weighted by molar-refractivity contribution is 7.89. The van der Waals surface area contributed by atoms with Gasteiger partial charge in [0.25, 0.3) is 11.8 Å². The molecule has 2 amide bonds. The summed E-state index contributed by atoms with van der Waals surface area (Å²) in [7, 11) is -0.265. The molecular weight excluding hydrogens is 731 g/mol. The standard InChI is InChI=1S/C33H48Cl2N4O11S/c1-39-21-27(26-19-24(34)20-29(35)28(26)22-39)23-4-3-5-25(18-23)51(44,45)38-8-11-49-15-17-50-16-14-48-10-7-37-33(43)31(41)30(40)32(42)36-6-9-47-13-12-46-2/h3-5,18-20,27,30-31,38,40-41H,6-17,21-22H2,1-2H3,(H,36,42)(H,37,43)/t27?,30-,31-/m0/s1. The maximum atomic E-state index is 13.0. The number of nitrogens with one attached hydrogen (secondary N) is 3. The van der Waals surface area contributed by atoms with Crippen molar-refractivity contribution in [2.24, 2.45) is 0 Å². The molecule has 0 radical (unpaired) electrons. The van der Waals surface area contributed by atoms with Gasteiger partial charge in [0.05, 0.1) is 64.4 Å². The number of amides is 2. The summed E-state index contributed by atoms with van der Waals surface area (Å²) in [6.45, 7) is 3.71. The summed E-state index contributed by atoms with van der Waals surface area (Å²) in [5.41, 5.74) is 2.82. The fourth-order valence-electron chi connectivity index (χ4n) is 5.14. The molecule has 2 aromatic rings. The fraction of sp³-hybridized carbons (Fsp3) is 0.576. The van der Waals surface area contributed by atoms with Crippen LogP contribution in [0.3, 0.4) is 0 Å². The van der Waals surface area contributed by atoms with E-state index in [0.717, 1.165) is 16.7 Å². The van der Waals surface area contributed by atoms with Gasteiger partial charge in [0.15, 0.2) is 12.2 Å². The zero-order valence-corrected chi connectivity index (χ0v) is 31.1. The Kier molecular flexibility index (Phi) is 19.0. The van der Waals surface area contributed by atoms with E-state index in [-0.39, 0.29) is 76.7 Å². The van der Waals surface area contributed by atoms with Gasteiger partial charge < -0.3 is 49.4 Å². The number of halogens is 2. The van der Waals surface area contributed by atoms with Crippen molar-refractivity contribution >= 4 is 45.0 Å². The topological polar surface area (TPSA) is 194 Å². The number of carbonyl (C=O) groups excluding carboxylic acids is 2. The number of aliphatic hydroxyl groups is 2. The lowest BCUT2D eigenvalue weighted by molar-refractivity contribution is -0.146. The van der Waals surface area contributed by atoms with Crippen LogP contribution in [-0.4, -0.2) is 147 Å². The van der Waals surface area contributed by atoms with Crippen molar-refractivity contribution in [2.75, 3.05) is 99.8 Å². The molecule has 286 valence electrons. The fourth-order valence-corrected chi connectivity index (χ4v) is 6.77. The van der Waals surface area contributed by atoms with E-state index in [1.54, 1.807) is 24.3 Å². The number of benzene rings is 2. The number of hydrogen-bond donors (Lipinski definition) is 5. The minimum absolute atomic E-state index is 0.0382. The Morgan fingerprint density at radius 2 is 1.39 bits per heavy atom. The SMILES string of the molecule is COCCOCCNC(=O)[C@@H](O)[C@H](O)C(=O)NCCOCCOCCOCCNS(=O)(=O)c1cccc(C2CN(C)Cc3c(Cl)cc(Cl)cc32)c1. The number of hydrogen-bond acceptors (Lipinski definition) is 12. The summed E-state index contributed by atoms with van der Waals surface area (Å²) < 4.78 is 54.9. The highest BCUT2D eigenvalue weighted by Gasteiger charge is 2.30. The van der Waals surface area contributed by atoms with Crippen molar-refractivity contribution < 1.29 is 51.9 Å². The molecule has 0 spiro atoms. The minimum Gasteiger partial charge on any atom is -0.382 e. The normalized spacial score (nSPS) is 16.0. The number of methoxy groups -OCH3 is 1. The molecule has 18 heteroatoms. The first kappa shape index (κ1) is 43.0. The van der Waals surface area contributed by atoms with E-state index in [1.165, 1.54) is 7.11 Å². The van der Waals surface area contributed by atoms with Crippen molar-refractivity contribution in [3.63, 3.8) is 0 Å². The van der Waals surface area contributed by atoms with Gasteiger partial charge in [-0.3, -0.25) is 9.59 Å². The number of fused-ring (bicyclic) bond motifs is 1. The predicted molar refractivity (Wildman–Crippen MR) is 189 cm³/mol. The second kappa shape index (κ2) is 22.6. The van der Waals surface area contributed by atoms with E-state index >= 15 is 0 Å². The average molecular weight is 780 g/mol. The van der Waals surface area contributed by atoms with Crippen LogP contribution in [0.25, 0.3) is 0 Å². The summed E-state index contributed by atoms with van der Waals surface area (Å²) >= 11 is 12.8. The largest absolute Gasteiger partial charge is 0.382 e. The van der Waals surface area contributed by atoms with Gasteiger partial charge in [0.1, 0.15) is 0 Å². The average Bonchev–Trinajstić information content (AvgIpc) is 3.10. The molecule has 0 fully saturated rings. The Labute approximate surface area is 308 Å². The molecule has 1 unspecified atom stereocenters. The smallest absolute Gasteiger partial charge is 0.252 e. The maximum Gasteiger partial charge on any atom is 0.252 e. The van der Waals surface area contributed by atoms with Crippen molar-refractivity contribution in [2.45, 2.75) is 29.6 Å². The quantitative estimate of drug-likeness (QED) is 0.0930. The van der Waals surface area contributed by atoms with Crippen LogP contribution in [0, 0.1) is 0 Å². The third-order valence-corrected chi connectivity index (χ3v) is 9.72. The van der Waals surface area contributed by atoms with E-state index in [2.05, 4.69) is 20.3 Å². The van der Waals surface area contributed by atoms with Crippen LogP contribution in [0.1, 0.15) is 22.6 Å². The minimum atomic E-state index is -3.79. The lowest BCUT2D eigenvalue weighted by atomic mass is 9.85. The van der Waals surface area contributed by atoms with E-state index < -0.39 is 34.0 Å². The molecule has 0 saturated heterocycles. The zero-order valence-electron chi connectivity index (χ0n) is 28.8.